The fraction of sp³-hybridized carbons (Fsp3) is 0.400. The number of rotatable bonds is 1. The van der Waals surface area contributed by atoms with Gasteiger partial charge in [-0.2, -0.15) is 5.32 Å². The largest absolute Gasteiger partial charge is 0.369 e. The van der Waals surface area contributed by atoms with Gasteiger partial charge in [-0.3, -0.25) is 9.59 Å². The molecule has 0 aromatic rings. The van der Waals surface area contributed by atoms with Crippen molar-refractivity contribution in [1.29, 1.82) is 0 Å². The third-order valence-corrected chi connectivity index (χ3v) is 1.31. The zero-order valence-corrected chi connectivity index (χ0v) is 5.53. The first-order valence-electron chi connectivity index (χ1n) is 2.94. The number of primary amides is 1. The molecule has 1 aliphatic heterocycles. The van der Waals surface area contributed by atoms with E-state index in [1.807, 2.05) is 0 Å². The molecule has 1 radical (unpaired) electrons. The van der Waals surface area contributed by atoms with E-state index in [-0.39, 0.29) is 6.54 Å². The molecule has 4 amide bonds. The van der Waals surface area contributed by atoms with Gasteiger partial charge in [0, 0.05) is 6.54 Å². The summed E-state index contributed by atoms with van der Waals surface area (Å²) in [4.78, 5) is 31.6. The molecule has 1 atom stereocenters. The van der Waals surface area contributed by atoms with Gasteiger partial charge >= 0.3 is 6.03 Å². The monoisotopic (exact) mass is 156 g/mol. The van der Waals surface area contributed by atoms with Gasteiger partial charge in [-0.05, 0) is 0 Å². The Balaban J connectivity index is 2.65. The van der Waals surface area contributed by atoms with Crippen molar-refractivity contribution in [3.8, 4) is 0 Å². The summed E-state index contributed by atoms with van der Waals surface area (Å²) in [5.41, 5.74) is 4.83. The number of nitrogens with zero attached hydrogens (tertiary/aromatic N) is 1. The van der Waals surface area contributed by atoms with E-state index in [1.54, 1.807) is 0 Å². The first kappa shape index (κ1) is 7.52. The van der Waals surface area contributed by atoms with Crippen molar-refractivity contribution < 1.29 is 14.4 Å². The molecule has 1 saturated heterocycles. The minimum absolute atomic E-state index is 0.0451. The fourth-order valence-electron chi connectivity index (χ4n) is 0.717. The Bertz CT molecular complexity index is 225. The van der Waals surface area contributed by atoms with E-state index in [4.69, 9.17) is 5.73 Å². The molecule has 1 heterocycles. The minimum Gasteiger partial charge on any atom is -0.369 e. The maximum atomic E-state index is 10.7. The van der Waals surface area contributed by atoms with Gasteiger partial charge in [0.1, 0.15) is 5.92 Å². The molecule has 3 N–H and O–H groups in total. The van der Waals surface area contributed by atoms with Gasteiger partial charge in [0.2, 0.25) is 5.91 Å². The second-order valence-corrected chi connectivity index (χ2v) is 2.09. The predicted molar refractivity (Wildman–Crippen MR) is 33.2 cm³/mol. The number of carbonyl (C=O) groups is 3. The summed E-state index contributed by atoms with van der Waals surface area (Å²) < 4.78 is 0. The molecular formula is C5H6N3O3. The maximum absolute atomic E-state index is 10.7. The second kappa shape index (κ2) is 2.57. The van der Waals surface area contributed by atoms with Crippen LogP contribution in [0, 0.1) is 5.92 Å². The van der Waals surface area contributed by atoms with Crippen LogP contribution in [0.25, 0.3) is 0 Å². The van der Waals surface area contributed by atoms with Crippen LogP contribution in [0.2, 0.25) is 0 Å². The van der Waals surface area contributed by atoms with E-state index in [2.05, 4.69) is 10.6 Å². The third kappa shape index (κ3) is 1.46. The van der Waals surface area contributed by atoms with Crippen LogP contribution < -0.4 is 16.4 Å². The summed E-state index contributed by atoms with van der Waals surface area (Å²) >= 11 is 0. The van der Waals surface area contributed by atoms with E-state index in [9.17, 15) is 14.4 Å². The SMILES string of the molecule is NC(=O)C1CNC(=O)[N]C1=O. The third-order valence-electron chi connectivity index (χ3n) is 1.31. The van der Waals surface area contributed by atoms with Crippen molar-refractivity contribution in [2.24, 2.45) is 11.7 Å². The van der Waals surface area contributed by atoms with Crippen LogP contribution in [0.4, 0.5) is 4.79 Å². The van der Waals surface area contributed by atoms with Crippen molar-refractivity contribution >= 4 is 17.8 Å². The summed E-state index contributed by atoms with van der Waals surface area (Å²) in [6, 6.07) is -0.715. The average Bonchev–Trinajstić information content (AvgIpc) is 1.85. The van der Waals surface area contributed by atoms with E-state index in [1.165, 1.54) is 0 Å². The lowest BCUT2D eigenvalue weighted by atomic mass is 10.1. The van der Waals surface area contributed by atoms with Gasteiger partial charge in [0.25, 0.3) is 5.91 Å². The van der Waals surface area contributed by atoms with E-state index in [0.717, 1.165) is 0 Å². The van der Waals surface area contributed by atoms with E-state index < -0.39 is 23.8 Å². The quantitative estimate of drug-likeness (QED) is 0.426. The smallest absolute Gasteiger partial charge is 0.344 e. The number of urea groups is 1. The molecule has 1 rings (SSSR count). The Kier molecular flexibility index (Phi) is 1.75. The first-order chi connectivity index (χ1) is 5.11. The van der Waals surface area contributed by atoms with Crippen LogP contribution in [0.3, 0.4) is 0 Å². The Hall–Kier alpha value is -1.59. The van der Waals surface area contributed by atoms with Crippen molar-refractivity contribution in [2.75, 3.05) is 6.54 Å². The topological polar surface area (TPSA) is 103 Å². The molecule has 0 bridgehead atoms. The molecule has 0 aliphatic carbocycles. The lowest BCUT2D eigenvalue weighted by molar-refractivity contribution is -0.133. The number of imide groups is 1. The van der Waals surface area contributed by atoms with Crippen LogP contribution in [0.15, 0.2) is 0 Å². The number of carbonyl (C=O) groups excluding carboxylic acids is 3. The molecule has 1 aliphatic rings. The van der Waals surface area contributed by atoms with Gasteiger partial charge < -0.3 is 11.1 Å². The molecular weight excluding hydrogens is 150 g/mol. The molecule has 6 heteroatoms. The second-order valence-electron chi connectivity index (χ2n) is 2.09. The standard InChI is InChI=1S/C5H6N3O3/c6-3(9)2-1-7-5(11)8-4(2)10/h2H,1H2,(H2,6,9)(H,7,11). The lowest BCUT2D eigenvalue weighted by Gasteiger charge is -2.16. The summed E-state index contributed by atoms with van der Waals surface area (Å²) in [5, 5.41) is 5.21. The number of amides is 4. The Morgan fingerprint density at radius 1 is 1.64 bits per heavy atom. The van der Waals surface area contributed by atoms with Gasteiger partial charge in [-0.1, -0.05) is 0 Å². The van der Waals surface area contributed by atoms with E-state index in [0.29, 0.717) is 0 Å². The lowest BCUT2D eigenvalue weighted by Crippen LogP contribution is -2.52. The molecule has 6 nitrogen and oxygen atoms in total. The van der Waals surface area contributed by atoms with Gasteiger partial charge in [-0.25, -0.2) is 4.79 Å². The summed E-state index contributed by atoms with van der Waals surface area (Å²) in [5.74, 6) is -2.52. The molecule has 59 valence electrons. The highest BCUT2D eigenvalue weighted by Crippen LogP contribution is 1.98. The Morgan fingerprint density at radius 2 is 2.27 bits per heavy atom. The number of hydrogen-bond donors (Lipinski definition) is 2. The van der Waals surface area contributed by atoms with Crippen LogP contribution in [0.1, 0.15) is 0 Å². The summed E-state index contributed by atoms with van der Waals surface area (Å²) in [7, 11) is 0. The van der Waals surface area contributed by atoms with Gasteiger partial charge in [-0.15, -0.1) is 0 Å². The molecule has 11 heavy (non-hydrogen) atoms. The van der Waals surface area contributed by atoms with Crippen molar-refractivity contribution in [3.05, 3.63) is 0 Å². The number of nitrogens with two attached hydrogens (primary N) is 1. The van der Waals surface area contributed by atoms with Crippen molar-refractivity contribution in [3.63, 3.8) is 0 Å². The normalized spacial score (nSPS) is 23.8. The number of nitrogens with one attached hydrogen (secondary N) is 1. The molecule has 1 fully saturated rings. The Morgan fingerprint density at radius 3 is 2.73 bits per heavy atom. The minimum atomic E-state index is -0.993. The summed E-state index contributed by atoms with van der Waals surface area (Å²) in [6.45, 7) is -0.0451. The van der Waals surface area contributed by atoms with E-state index >= 15 is 0 Å². The number of hydrogen-bond acceptors (Lipinski definition) is 3. The van der Waals surface area contributed by atoms with Crippen LogP contribution >= 0.6 is 0 Å². The fourth-order valence-corrected chi connectivity index (χ4v) is 0.717. The highest BCUT2D eigenvalue weighted by molar-refractivity contribution is 6.07. The highest BCUT2D eigenvalue weighted by atomic mass is 16.2. The average molecular weight is 156 g/mol. The van der Waals surface area contributed by atoms with Crippen LogP contribution in [-0.4, -0.2) is 24.4 Å². The highest BCUT2D eigenvalue weighted by Gasteiger charge is 2.31. The first-order valence-corrected chi connectivity index (χ1v) is 2.94. The van der Waals surface area contributed by atoms with Crippen LogP contribution in [0.5, 0.6) is 0 Å². The Labute approximate surface area is 62.1 Å². The molecule has 0 saturated carbocycles. The predicted octanol–water partition coefficient (Wildman–Crippen LogP) is -2.06. The molecule has 1 unspecified atom stereocenters. The summed E-state index contributed by atoms with van der Waals surface area (Å²) in [6.07, 6.45) is 0. The van der Waals surface area contributed by atoms with Gasteiger partial charge in [0.15, 0.2) is 0 Å². The maximum Gasteiger partial charge on any atom is 0.344 e. The molecule has 0 spiro atoms. The van der Waals surface area contributed by atoms with Crippen molar-refractivity contribution in [2.45, 2.75) is 0 Å². The molecule has 0 aromatic heterocycles. The van der Waals surface area contributed by atoms with Gasteiger partial charge in [0.05, 0.1) is 0 Å². The zero-order chi connectivity index (χ0) is 8.43. The van der Waals surface area contributed by atoms with Crippen LogP contribution in [-0.2, 0) is 9.59 Å². The van der Waals surface area contributed by atoms with Crippen molar-refractivity contribution in [1.82, 2.24) is 10.6 Å². The zero-order valence-electron chi connectivity index (χ0n) is 5.53. The molecule has 0 aromatic carbocycles.